The van der Waals surface area contributed by atoms with E-state index in [1.807, 2.05) is 43.3 Å². The number of carbonyl (C=O) groups is 1. The molecule has 1 N–H and O–H groups in total. The van der Waals surface area contributed by atoms with E-state index >= 15 is 0 Å². The first kappa shape index (κ1) is 17.9. The van der Waals surface area contributed by atoms with Gasteiger partial charge in [0.15, 0.2) is 0 Å². The number of nitrogens with one attached hydrogen (secondary N) is 1. The second kappa shape index (κ2) is 7.51. The predicted molar refractivity (Wildman–Crippen MR) is 83.3 cm³/mol. The summed E-state index contributed by atoms with van der Waals surface area (Å²) < 4.78 is 0. The third kappa shape index (κ3) is 6.08. The van der Waals surface area contributed by atoms with Crippen LogP contribution in [0.1, 0.15) is 36.7 Å². The summed E-state index contributed by atoms with van der Waals surface area (Å²) in [5.74, 6) is -0.00249. The maximum Gasteiger partial charge on any atom is 0.251 e. The van der Waals surface area contributed by atoms with Crippen LogP contribution in [0.3, 0.4) is 0 Å². The van der Waals surface area contributed by atoms with Gasteiger partial charge in [-0.05, 0) is 37.2 Å². The minimum Gasteiger partial charge on any atom is -0.351 e. The van der Waals surface area contributed by atoms with Crippen LogP contribution in [0.5, 0.6) is 0 Å². The van der Waals surface area contributed by atoms with Gasteiger partial charge in [-0.15, -0.1) is 12.4 Å². The van der Waals surface area contributed by atoms with Gasteiger partial charge in [-0.1, -0.05) is 32.9 Å². The molecular formula is C15H25ClN2O. The molecule has 0 radical (unpaired) electrons. The number of benzene rings is 1. The van der Waals surface area contributed by atoms with E-state index < -0.39 is 0 Å². The van der Waals surface area contributed by atoms with E-state index in [1.165, 1.54) is 5.56 Å². The lowest BCUT2D eigenvalue weighted by Gasteiger charge is -2.19. The maximum absolute atomic E-state index is 11.9. The molecule has 0 heterocycles. The van der Waals surface area contributed by atoms with Crippen molar-refractivity contribution in [3.63, 3.8) is 0 Å². The molecule has 0 saturated heterocycles. The smallest absolute Gasteiger partial charge is 0.251 e. The Morgan fingerprint density at radius 1 is 1.16 bits per heavy atom. The standard InChI is InChI=1S/C15H24N2O.ClH/c1-15(2,3)13-8-6-12(7-9-13)14(18)16-10-11-17(4)5;/h6-9H,10-11H2,1-5H3,(H,16,18);1H. The highest BCUT2D eigenvalue weighted by atomic mass is 35.5. The zero-order valence-electron chi connectivity index (χ0n) is 12.5. The lowest BCUT2D eigenvalue weighted by Crippen LogP contribution is -2.31. The van der Waals surface area contributed by atoms with E-state index in [9.17, 15) is 4.79 Å². The van der Waals surface area contributed by atoms with Crippen LogP contribution in [-0.2, 0) is 5.41 Å². The van der Waals surface area contributed by atoms with Crippen LogP contribution < -0.4 is 5.32 Å². The zero-order chi connectivity index (χ0) is 13.8. The molecule has 1 aromatic carbocycles. The molecule has 0 aliphatic heterocycles. The molecule has 0 saturated carbocycles. The fourth-order valence-electron chi connectivity index (χ4n) is 1.62. The van der Waals surface area contributed by atoms with E-state index in [0.717, 1.165) is 12.1 Å². The molecule has 0 aromatic heterocycles. The lowest BCUT2D eigenvalue weighted by atomic mass is 9.87. The van der Waals surface area contributed by atoms with Crippen molar-refractivity contribution in [2.45, 2.75) is 26.2 Å². The second-order valence-electron chi connectivity index (χ2n) is 5.89. The van der Waals surface area contributed by atoms with E-state index in [2.05, 4.69) is 26.1 Å². The fraction of sp³-hybridized carbons (Fsp3) is 0.533. The summed E-state index contributed by atoms with van der Waals surface area (Å²) in [5, 5.41) is 2.91. The third-order valence-corrected chi connectivity index (χ3v) is 2.86. The van der Waals surface area contributed by atoms with Gasteiger partial charge in [-0.3, -0.25) is 4.79 Å². The predicted octanol–water partition coefficient (Wildman–Crippen LogP) is 2.70. The molecule has 1 rings (SSSR count). The van der Waals surface area contributed by atoms with Gasteiger partial charge in [0.1, 0.15) is 0 Å². The summed E-state index contributed by atoms with van der Waals surface area (Å²) in [6.07, 6.45) is 0. The highest BCUT2D eigenvalue weighted by Gasteiger charge is 2.14. The summed E-state index contributed by atoms with van der Waals surface area (Å²) in [6.45, 7) is 8.02. The molecule has 0 unspecified atom stereocenters. The topological polar surface area (TPSA) is 32.3 Å². The SMILES string of the molecule is CN(C)CCNC(=O)c1ccc(C(C)(C)C)cc1.Cl. The van der Waals surface area contributed by atoms with Crippen LogP contribution in [0, 0.1) is 0 Å². The third-order valence-electron chi connectivity index (χ3n) is 2.86. The Balaban J connectivity index is 0.00000324. The van der Waals surface area contributed by atoms with E-state index in [1.54, 1.807) is 0 Å². The Bertz CT molecular complexity index is 394. The van der Waals surface area contributed by atoms with Crippen molar-refractivity contribution in [3.05, 3.63) is 35.4 Å². The Hall–Kier alpha value is -1.06. The molecule has 108 valence electrons. The lowest BCUT2D eigenvalue weighted by molar-refractivity contribution is 0.0951. The highest BCUT2D eigenvalue weighted by Crippen LogP contribution is 2.22. The van der Waals surface area contributed by atoms with Gasteiger partial charge < -0.3 is 10.2 Å². The first-order chi connectivity index (χ1) is 8.30. The van der Waals surface area contributed by atoms with Gasteiger partial charge in [0.25, 0.3) is 5.91 Å². The summed E-state index contributed by atoms with van der Waals surface area (Å²) in [5.41, 5.74) is 2.09. The van der Waals surface area contributed by atoms with Crippen molar-refractivity contribution in [3.8, 4) is 0 Å². The second-order valence-corrected chi connectivity index (χ2v) is 5.89. The Labute approximate surface area is 122 Å². The van der Waals surface area contributed by atoms with Gasteiger partial charge in [0.2, 0.25) is 0 Å². The number of halogens is 1. The zero-order valence-corrected chi connectivity index (χ0v) is 13.3. The largest absolute Gasteiger partial charge is 0.351 e. The quantitative estimate of drug-likeness (QED) is 0.922. The molecule has 1 aromatic rings. The van der Waals surface area contributed by atoms with Crippen molar-refractivity contribution >= 4 is 18.3 Å². The first-order valence-corrected chi connectivity index (χ1v) is 6.34. The number of carbonyl (C=O) groups excluding carboxylic acids is 1. The van der Waals surface area contributed by atoms with Crippen LogP contribution in [-0.4, -0.2) is 38.0 Å². The molecule has 0 atom stereocenters. The van der Waals surface area contributed by atoms with Crippen molar-refractivity contribution in [1.82, 2.24) is 10.2 Å². The summed E-state index contributed by atoms with van der Waals surface area (Å²) in [7, 11) is 3.98. The van der Waals surface area contributed by atoms with Gasteiger partial charge in [-0.25, -0.2) is 0 Å². The summed E-state index contributed by atoms with van der Waals surface area (Å²) in [6, 6.07) is 7.85. The van der Waals surface area contributed by atoms with Crippen molar-refractivity contribution in [1.29, 1.82) is 0 Å². The highest BCUT2D eigenvalue weighted by molar-refractivity contribution is 5.94. The number of likely N-dealkylation sites (N-methyl/N-ethyl adjacent to an activating group) is 1. The molecule has 0 aliphatic rings. The molecule has 0 spiro atoms. The Morgan fingerprint density at radius 2 is 1.68 bits per heavy atom. The number of rotatable bonds is 4. The molecule has 1 amide bonds. The molecule has 0 bridgehead atoms. The van der Waals surface area contributed by atoms with Crippen LogP contribution in [0.15, 0.2) is 24.3 Å². The normalized spacial score (nSPS) is 11.1. The number of nitrogens with zero attached hydrogens (tertiary/aromatic N) is 1. The number of hydrogen-bond donors (Lipinski definition) is 1. The van der Waals surface area contributed by atoms with Crippen molar-refractivity contribution in [2.75, 3.05) is 27.2 Å². The average Bonchev–Trinajstić information content (AvgIpc) is 2.27. The van der Waals surface area contributed by atoms with E-state index in [4.69, 9.17) is 0 Å². The minimum absolute atomic E-state index is 0. The van der Waals surface area contributed by atoms with Crippen LogP contribution in [0.2, 0.25) is 0 Å². The fourth-order valence-corrected chi connectivity index (χ4v) is 1.62. The molecular weight excluding hydrogens is 260 g/mol. The molecule has 0 aliphatic carbocycles. The van der Waals surface area contributed by atoms with Crippen LogP contribution in [0.25, 0.3) is 0 Å². The van der Waals surface area contributed by atoms with Gasteiger partial charge in [-0.2, -0.15) is 0 Å². The molecule has 3 nitrogen and oxygen atoms in total. The van der Waals surface area contributed by atoms with Crippen molar-refractivity contribution in [2.24, 2.45) is 0 Å². The van der Waals surface area contributed by atoms with Gasteiger partial charge in [0.05, 0.1) is 0 Å². The summed E-state index contributed by atoms with van der Waals surface area (Å²) in [4.78, 5) is 13.9. The number of hydrogen-bond acceptors (Lipinski definition) is 2. The van der Waals surface area contributed by atoms with Crippen molar-refractivity contribution < 1.29 is 4.79 Å². The monoisotopic (exact) mass is 284 g/mol. The molecule has 0 fully saturated rings. The summed E-state index contributed by atoms with van der Waals surface area (Å²) >= 11 is 0. The van der Waals surface area contributed by atoms with Crippen LogP contribution in [0.4, 0.5) is 0 Å². The molecule has 4 heteroatoms. The average molecular weight is 285 g/mol. The minimum atomic E-state index is -0.00249. The van der Waals surface area contributed by atoms with Gasteiger partial charge in [0, 0.05) is 18.7 Å². The first-order valence-electron chi connectivity index (χ1n) is 6.34. The van der Waals surface area contributed by atoms with E-state index in [-0.39, 0.29) is 23.7 Å². The maximum atomic E-state index is 11.9. The van der Waals surface area contributed by atoms with E-state index in [0.29, 0.717) is 6.54 Å². The van der Waals surface area contributed by atoms with Crippen LogP contribution >= 0.6 is 12.4 Å². The Kier molecular flexibility index (Phi) is 7.09. The van der Waals surface area contributed by atoms with Gasteiger partial charge >= 0.3 is 0 Å². The number of amides is 1. The Morgan fingerprint density at radius 3 is 2.11 bits per heavy atom. The molecule has 19 heavy (non-hydrogen) atoms.